The zero-order valence-corrected chi connectivity index (χ0v) is 20.2. The van der Waals surface area contributed by atoms with Crippen LogP contribution in [0.2, 0.25) is 0 Å². The molecule has 2 unspecified atom stereocenters. The average Bonchev–Trinajstić information content (AvgIpc) is 2.83. The molecule has 0 aromatic heterocycles. The zero-order valence-electron chi connectivity index (χ0n) is 20.2. The van der Waals surface area contributed by atoms with Gasteiger partial charge in [-0.05, 0) is 32.2 Å². The highest BCUT2D eigenvalue weighted by Gasteiger charge is 2.72. The smallest absolute Gasteiger partial charge is 0.330 e. The molecule has 196 valence electrons. The van der Waals surface area contributed by atoms with Gasteiger partial charge >= 0.3 is 5.97 Å². The number of rotatable bonds is 4. The van der Waals surface area contributed by atoms with Crippen molar-refractivity contribution in [3.63, 3.8) is 0 Å². The second-order valence-corrected chi connectivity index (χ2v) is 9.76. The van der Waals surface area contributed by atoms with Crippen LogP contribution in [-0.4, -0.2) is 94.2 Å². The third kappa shape index (κ3) is 3.63. The lowest BCUT2D eigenvalue weighted by atomic mass is 9.51. The fourth-order valence-corrected chi connectivity index (χ4v) is 5.97. The third-order valence-electron chi connectivity index (χ3n) is 7.65. The van der Waals surface area contributed by atoms with Crippen LogP contribution < -0.4 is 5.73 Å². The van der Waals surface area contributed by atoms with Gasteiger partial charge in [0.25, 0.3) is 0 Å². The van der Waals surface area contributed by atoms with E-state index < -0.39 is 82.2 Å². The van der Waals surface area contributed by atoms with Gasteiger partial charge in [0.05, 0.1) is 36.7 Å². The number of esters is 1. The number of carbonyl (C=O) groups excluding carboxylic acids is 6. The highest BCUT2D eigenvalue weighted by atomic mass is 16.5. The fourth-order valence-electron chi connectivity index (χ4n) is 5.97. The molecule has 2 saturated carbocycles. The van der Waals surface area contributed by atoms with Gasteiger partial charge in [0, 0.05) is 17.6 Å². The fraction of sp³-hybridized carbons (Fsp3) is 0.440. The van der Waals surface area contributed by atoms with Gasteiger partial charge in [-0.15, -0.1) is 0 Å². The van der Waals surface area contributed by atoms with Crippen molar-refractivity contribution in [2.24, 2.45) is 29.4 Å². The second kappa shape index (κ2) is 8.98. The van der Waals surface area contributed by atoms with Crippen LogP contribution in [0.25, 0.3) is 6.08 Å². The highest BCUT2D eigenvalue weighted by Crippen LogP contribution is 2.51. The largest absolute Gasteiger partial charge is 0.507 e. The van der Waals surface area contributed by atoms with Gasteiger partial charge in [0.15, 0.2) is 34.7 Å². The van der Waals surface area contributed by atoms with E-state index in [1.54, 1.807) is 0 Å². The Morgan fingerprint density at radius 3 is 2.38 bits per heavy atom. The summed E-state index contributed by atoms with van der Waals surface area (Å²) in [7, 11) is 4.00. The molecule has 2 fully saturated rings. The Balaban J connectivity index is 1.86. The van der Waals surface area contributed by atoms with Gasteiger partial charge in [-0.25, -0.2) is 4.79 Å². The Labute approximate surface area is 210 Å². The average molecular weight is 514 g/mol. The van der Waals surface area contributed by atoms with Crippen molar-refractivity contribution < 1.29 is 48.8 Å². The molecule has 1 aromatic carbocycles. The molecule has 0 saturated heterocycles. The number of hydrogen-bond acceptors (Lipinski definition) is 11. The Morgan fingerprint density at radius 2 is 1.81 bits per heavy atom. The van der Waals surface area contributed by atoms with Crippen LogP contribution in [0.5, 0.6) is 5.75 Å². The quantitative estimate of drug-likeness (QED) is 0.197. The van der Waals surface area contributed by atoms with E-state index in [0.29, 0.717) is 5.56 Å². The number of phenols is 1. The van der Waals surface area contributed by atoms with Crippen molar-refractivity contribution in [3.8, 4) is 5.75 Å². The minimum Gasteiger partial charge on any atom is -0.507 e. The number of likely N-dealkylation sites (N-methyl/N-ethyl adjacent to an activating group) is 1. The van der Waals surface area contributed by atoms with E-state index in [2.05, 4.69) is 4.74 Å². The Kier molecular flexibility index (Phi) is 6.39. The first-order valence-electron chi connectivity index (χ1n) is 11.4. The molecule has 0 heterocycles. The molecule has 0 aliphatic heterocycles. The third-order valence-corrected chi connectivity index (χ3v) is 7.65. The number of nitrogens with zero attached hydrogens (tertiary/aromatic N) is 1. The van der Waals surface area contributed by atoms with Gasteiger partial charge in [0.1, 0.15) is 5.75 Å². The number of fused-ring (bicyclic) bond motifs is 3. The maximum absolute atomic E-state index is 13.7. The summed E-state index contributed by atoms with van der Waals surface area (Å²) in [6, 6.07) is 1.50. The topological polar surface area (TPSA) is 202 Å². The monoisotopic (exact) mass is 514 g/mol. The maximum Gasteiger partial charge on any atom is 0.330 e. The molecule has 3 aliphatic carbocycles. The Bertz CT molecular complexity index is 1280. The Morgan fingerprint density at radius 1 is 1.16 bits per heavy atom. The van der Waals surface area contributed by atoms with Gasteiger partial charge in [-0.1, -0.05) is 12.1 Å². The number of aliphatic hydroxyl groups is 2. The highest BCUT2D eigenvalue weighted by molar-refractivity contribution is 6.32. The predicted octanol–water partition coefficient (Wildman–Crippen LogP) is -1.98. The molecular formula is C25H26N2O10. The molecule has 0 radical (unpaired) electrons. The van der Waals surface area contributed by atoms with Crippen molar-refractivity contribution in [2.45, 2.75) is 24.2 Å². The number of nitrogens with two attached hydrogens (primary N) is 1. The summed E-state index contributed by atoms with van der Waals surface area (Å²) in [4.78, 5) is 78.4. The van der Waals surface area contributed by atoms with E-state index in [4.69, 9.17) is 5.73 Å². The summed E-state index contributed by atoms with van der Waals surface area (Å²) in [6.45, 7) is 0. The van der Waals surface area contributed by atoms with Gasteiger partial charge in [-0.3, -0.25) is 28.9 Å². The number of aromatic hydroxyl groups is 1. The minimum atomic E-state index is -3.05. The number of methoxy groups -OCH3 is 1. The normalized spacial score (nSPS) is 33.2. The first-order chi connectivity index (χ1) is 17.3. The molecular weight excluding hydrogens is 488 g/mol. The Hall–Kier alpha value is -3.74. The molecule has 0 spiro atoms. The van der Waals surface area contributed by atoms with Crippen molar-refractivity contribution in [1.29, 1.82) is 0 Å². The van der Waals surface area contributed by atoms with Gasteiger partial charge in [-0.2, -0.15) is 0 Å². The van der Waals surface area contributed by atoms with Crippen LogP contribution in [0.1, 0.15) is 21.5 Å². The molecule has 0 bridgehead atoms. The summed E-state index contributed by atoms with van der Waals surface area (Å²) in [5.41, 5.74) is 2.32. The number of ketones is 4. The summed E-state index contributed by atoms with van der Waals surface area (Å²) in [5, 5.41) is 33.7. The zero-order chi connectivity index (χ0) is 27.6. The number of benzene rings is 1. The SMILES string of the molecule is COC(=O)C=Cc1ccc2c(c1O)C(=O)C1C(=O)[C@@]3(O)C(=O)C(C(N)=O)C(=O)[C@H](N(C)C)[C@H]3[C@H](O)[C@H]1C2. The number of aliphatic hydroxyl groups excluding tert-OH is 1. The first-order valence-corrected chi connectivity index (χ1v) is 11.4. The summed E-state index contributed by atoms with van der Waals surface area (Å²) in [6.07, 6.45) is 0.447. The van der Waals surface area contributed by atoms with E-state index in [0.717, 1.165) is 13.2 Å². The van der Waals surface area contributed by atoms with Gasteiger partial charge < -0.3 is 25.8 Å². The maximum atomic E-state index is 13.7. The minimum absolute atomic E-state index is 0.0668. The van der Waals surface area contributed by atoms with E-state index in [1.165, 1.54) is 37.2 Å². The summed E-state index contributed by atoms with van der Waals surface area (Å²) in [5.74, 6) is -13.9. The lowest BCUT2D eigenvalue weighted by Crippen LogP contribution is -2.77. The van der Waals surface area contributed by atoms with Crippen molar-refractivity contribution in [3.05, 3.63) is 34.9 Å². The number of Topliss-reactive ketones (excluding diaryl/α,β-unsaturated/α-hetero) is 4. The van der Waals surface area contributed by atoms with Crippen LogP contribution in [0.3, 0.4) is 0 Å². The molecule has 5 N–H and O–H groups in total. The standard InChI is InChI=1S/C25H26N2O10/c1-27(2)17-16-19(30)11-8-10-5-4-9(6-7-12(28)37-3)18(29)13(10)20(31)14(11)22(33)25(16,36)23(34)15(21(17)32)24(26)35/h4-7,11,14-17,19,29-30,36H,8H2,1-3H3,(H2,26,35)/t11-,14?,15?,16-,17+,19+,25+/m0/s1. The van der Waals surface area contributed by atoms with Crippen molar-refractivity contribution in [2.75, 3.05) is 21.2 Å². The van der Waals surface area contributed by atoms with E-state index >= 15 is 0 Å². The van der Waals surface area contributed by atoms with Crippen LogP contribution in [0.15, 0.2) is 18.2 Å². The van der Waals surface area contributed by atoms with Crippen molar-refractivity contribution >= 4 is 41.1 Å². The molecule has 12 heteroatoms. The number of carbonyl (C=O) groups is 6. The number of phenolic OH excluding ortho intramolecular Hbond substituents is 1. The van der Waals surface area contributed by atoms with Crippen molar-refractivity contribution in [1.82, 2.24) is 4.90 Å². The van der Waals surface area contributed by atoms with Crippen LogP contribution in [0.4, 0.5) is 0 Å². The molecule has 1 aromatic rings. The molecule has 7 atom stereocenters. The summed E-state index contributed by atoms with van der Waals surface area (Å²) < 4.78 is 4.51. The first kappa shape index (κ1) is 26.3. The lowest BCUT2D eigenvalue weighted by Gasteiger charge is -2.54. The number of hydrogen-bond donors (Lipinski definition) is 4. The number of ether oxygens (including phenoxy) is 1. The van der Waals surface area contributed by atoms with Crippen LogP contribution >= 0.6 is 0 Å². The molecule has 12 nitrogen and oxygen atoms in total. The molecule has 3 aliphatic rings. The molecule has 37 heavy (non-hydrogen) atoms. The van der Waals surface area contributed by atoms with Crippen LogP contribution in [-0.2, 0) is 35.1 Å². The second-order valence-electron chi connectivity index (χ2n) is 9.76. The van der Waals surface area contributed by atoms with Crippen LogP contribution in [0, 0.1) is 23.7 Å². The van der Waals surface area contributed by atoms with E-state index in [-0.39, 0.29) is 17.5 Å². The number of primary amides is 1. The predicted molar refractivity (Wildman–Crippen MR) is 124 cm³/mol. The molecule has 4 rings (SSSR count). The van der Waals surface area contributed by atoms with Gasteiger partial charge in [0.2, 0.25) is 5.91 Å². The number of amides is 1. The van der Waals surface area contributed by atoms with E-state index in [1.807, 2.05) is 0 Å². The lowest BCUT2D eigenvalue weighted by molar-refractivity contribution is -0.195. The van der Waals surface area contributed by atoms with E-state index in [9.17, 15) is 44.1 Å². The summed E-state index contributed by atoms with van der Waals surface area (Å²) >= 11 is 0. The molecule has 1 amide bonds.